The fourth-order valence-corrected chi connectivity index (χ4v) is 2.55. The number of benzene rings is 2. The summed E-state index contributed by atoms with van der Waals surface area (Å²) >= 11 is 11.5. The molecular formula is C17H10Cl2F6N2O3. The summed E-state index contributed by atoms with van der Waals surface area (Å²) in [4.78, 5) is 23.9. The Hall–Kier alpha value is -2.66. The van der Waals surface area contributed by atoms with Crippen LogP contribution in [0.1, 0.15) is 10.4 Å². The summed E-state index contributed by atoms with van der Waals surface area (Å²) in [6.45, 7) is 0. The summed E-state index contributed by atoms with van der Waals surface area (Å²) in [5.41, 5.74) is -0.131. The van der Waals surface area contributed by atoms with Crippen molar-refractivity contribution in [3.63, 3.8) is 0 Å². The van der Waals surface area contributed by atoms with Crippen molar-refractivity contribution < 1.29 is 40.7 Å². The second kappa shape index (κ2) is 9.00. The molecule has 0 aliphatic heterocycles. The maximum Gasteiger partial charge on any atom is 0.434 e. The molecule has 0 aromatic heterocycles. The van der Waals surface area contributed by atoms with Crippen LogP contribution in [0, 0.1) is 0 Å². The molecule has 2 rings (SSSR count). The SMILES string of the molecule is O=C(NC(=O)c1ccccc1Cl)Nc1ccc(OC(C(F)(F)F)C(F)(F)F)c(Cl)c1. The van der Waals surface area contributed by atoms with Gasteiger partial charge in [-0.15, -0.1) is 0 Å². The predicted molar refractivity (Wildman–Crippen MR) is 95.9 cm³/mol. The van der Waals surface area contributed by atoms with E-state index in [4.69, 9.17) is 23.2 Å². The highest BCUT2D eigenvalue weighted by molar-refractivity contribution is 6.34. The Balaban J connectivity index is 2.09. The maximum atomic E-state index is 12.6. The van der Waals surface area contributed by atoms with E-state index in [1.807, 2.05) is 5.32 Å². The molecule has 0 bridgehead atoms. The molecule has 0 atom stereocenters. The Bertz CT molecular complexity index is 936. The molecule has 0 heterocycles. The minimum atomic E-state index is -5.72. The van der Waals surface area contributed by atoms with E-state index in [0.29, 0.717) is 6.07 Å². The molecule has 2 aromatic rings. The van der Waals surface area contributed by atoms with Crippen LogP contribution < -0.4 is 15.4 Å². The van der Waals surface area contributed by atoms with Gasteiger partial charge in [-0.3, -0.25) is 10.1 Å². The van der Waals surface area contributed by atoms with Gasteiger partial charge in [0.1, 0.15) is 5.75 Å². The summed E-state index contributed by atoms with van der Waals surface area (Å²) < 4.78 is 79.5. The second-order valence-electron chi connectivity index (χ2n) is 5.61. The third-order valence-corrected chi connectivity index (χ3v) is 4.00. The second-order valence-corrected chi connectivity index (χ2v) is 6.43. The first-order valence-electron chi connectivity index (χ1n) is 7.75. The van der Waals surface area contributed by atoms with Crippen LogP contribution in [0.2, 0.25) is 10.0 Å². The number of carbonyl (C=O) groups is 2. The van der Waals surface area contributed by atoms with Gasteiger partial charge in [0.05, 0.1) is 15.6 Å². The van der Waals surface area contributed by atoms with Crippen LogP contribution >= 0.6 is 23.2 Å². The van der Waals surface area contributed by atoms with Crippen molar-refractivity contribution in [1.82, 2.24) is 5.32 Å². The number of hydrogen-bond donors (Lipinski definition) is 2. The normalized spacial score (nSPS) is 11.9. The lowest BCUT2D eigenvalue weighted by Crippen LogP contribution is -2.46. The fourth-order valence-electron chi connectivity index (χ4n) is 2.10. The molecule has 0 aliphatic carbocycles. The van der Waals surface area contributed by atoms with E-state index in [2.05, 4.69) is 10.1 Å². The lowest BCUT2D eigenvalue weighted by atomic mass is 10.2. The number of ether oxygens (including phenoxy) is 1. The van der Waals surface area contributed by atoms with Crippen LogP contribution in [0.5, 0.6) is 5.75 Å². The quantitative estimate of drug-likeness (QED) is 0.548. The third-order valence-electron chi connectivity index (χ3n) is 3.37. The van der Waals surface area contributed by atoms with Crippen LogP contribution in [0.25, 0.3) is 0 Å². The lowest BCUT2D eigenvalue weighted by Gasteiger charge is -2.24. The Morgan fingerprint density at radius 2 is 1.50 bits per heavy atom. The van der Waals surface area contributed by atoms with Gasteiger partial charge in [0, 0.05) is 5.69 Å². The van der Waals surface area contributed by atoms with Crippen LogP contribution in [0.4, 0.5) is 36.8 Å². The molecule has 162 valence electrons. The van der Waals surface area contributed by atoms with E-state index < -0.39 is 41.2 Å². The minimum absolute atomic E-state index is 0.00133. The number of hydrogen-bond acceptors (Lipinski definition) is 3. The zero-order chi connectivity index (χ0) is 22.7. The monoisotopic (exact) mass is 474 g/mol. The first-order chi connectivity index (χ1) is 13.8. The highest BCUT2D eigenvalue weighted by Crippen LogP contribution is 2.38. The number of nitrogens with one attached hydrogen (secondary N) is 2. The number of amides is 3. The molecule has 0 radical (unpaired) electrons. The molecule has 2 N–H and O–H groups in total. The number of halogens is 8. The van der Waals surface area contributed by atoms with Gasteiger partial charge < -0.3 is 10.1 Å². The summed E-state index contributed by atoms with van der Waals surface area (Å²) in [5, 5.41) is 3.54. The highest BCUT2D eigenvalue weighted by atomic mass is 35.5. The van der Waals surface area contributed by atoms with Crippen molar-refractivity contribution in [3.8, 4) is 5.75 Å². The zero-order valence-corrected chi connectivity index (χ0v) is 15.9. The largest absolute Gasteiger partial charge is 0.470 e. The molecule has 0 fully saturated rings. The minimum Gasteiger partial charge on any atom is -0.470 e. The Labute approximate surface area is 174 Å². The molecule has 13 heteroatoms. The van der Waals surface area contributed by atoms with Gasteiger partial charge in [0.2, 0.25) is 0 Å². The van der Waals surface area contributed by atoms with Gasteiger partial charge in [-0.05, 0) is 30.3 Å². The smallest absolute Gasteiger partial charge is 0.434 e. The van der Waals surface area contributed by atoms with Crippen LogP contribution in [-0.2, 0) is 0 Å². The van der Waals surface area contributed by atoms with Crippen LogP contribution in [0.3, 0.4) is 0 Å². The molecule has 0 saturated heterocycles. The number of alkyl halides is 6. The molecule has 0 aliphatic rings. The van der Waals surface area contributed by atoms with Crippen molar-refractivity contribution in [2.75, 3.05) is 5.32 Å². The van der Waals surface area contributed by atoms with Gasteiger partial charge in [0.25, 0.3) is 12.0 Å². The third kappa shape index (κ3) is 6.17. The van der Waals surface area contributed by atoms with Gasteiger partial charge in [-0.25, -0.2) is 4.79 Å². The van der Waals surface area contributed by atoms with E-state index >= 15 is 0 Å². The summed E-state index contributed by atoms with van der Waals surface area (Å²) in [6, 6.07) is 7.28. The van der Waals surface area contributed by atoms with E-state index in [0.717, 1.165) is 12.1 Å². The van der Waals surface area contributed by atoms with Crippen molar-refractivity contribution >= 4 is 40.8 Å². The molecule has 3 amide bonds. The molecule has 0 saturated carbocycles. The summed E-state index contributed by atoms with van der Waals surface area (Å²) in [7, 11) is 0. The van der Waals surface area contributed by atoms with Crippen molar-refractivity contribution in [2.24, 2.45) is 0 Å². The Kier molecular flexibility index (Phi) is 7.09. The molecule has 30 heavy (non-hydrogen) atoms. The standard InChI is InChI=1S/C17H10Cl2F6N2O3/c18-10-4-2-1-3-9(10)13(28)27-15(29)26-8-5-6-12(11(19)7-8)30-14(16(20,21)22)17(23,24)25/h1-7,14H,(H2,26,27,28,29). The van der Waals surface area contributed by atoms with Crippen LogP contribution in [-0.4, -0.2) is 30.4 Å². The Morgan fingerprint density at radius 1 is 0.900 bits per heavy atom. The fraction of sp³-hybridized carbons (Fsp3) is 0.176. The Morgan fingerprint density at radius 3 is 2.03 bits per heavy atom. The average Bonchev–Trinajstić information content (AvgIpc) is 2.59. The summed E-state index contributed by atoms with van der Waals surface area (Å²) in [6.07, 6.45) is -15.5. The van der Waals surface area contributed by atoms with Gasteiger partial charge in [-0.2, -0.15) is 26.3 Å². The van der Waals surface area contributed by atoms with Crippen LogP contribution in [0.15, 0.2) is 42.5 Å². The molecule has 5 nitrogen and oxygen atoms in total. The highest BCUT2D eigenvalue weighted by Gasteiger charge is 2.59. The first kappa shape index (κ1) is 23.6. The number of urea groups is 1. The average molecular weight is 475 g/mol. The van der Waals surface area contributed by atoms with Crippen molar-refractivity contribution in [1.29, 1.82) is 0 Å². The van der Waals surface area contributed by atoms with E-state index in [1.165, 1.54) is 18.2 Å². The number of imide groups is 1. The van der Waals surface area contributed by atoms with E-state index in [9.17, 15) is 35.9 Å². The van der Waals surface area contributed by atoms with E-state index in [-0.39, 0.29) is 16.3 Å². The predicted octanol–water partition coefficient (Wildman–Crippen LogP) is 5.83. The number of rotatable bonds is 4. The molecule has 0 unspecified atom stereocenters. The lowest BCUT2D eigenvalue weighted by molar-refractivity contribution is -0.299. The van der Waals surface area contributed by atoms with E-state index in [1.54, 1.807) is 6.07 Å². The number of anilines is 1. The van der Waals surface area contributed by atoms with Crippen molar-refractivity contribution in [3.05, 3.63) is 58.1 Å². The molecule has 2 aromatic carbocycles. The summed E-state index contributed by atoms with van der Waals surface area (Å²) in [5.74, 6) is -1.75. The maximum absolute atomic E-state index is 12.6. The first-order valence-corrected chi connectivity index (χ1v) is 8.51. The molecular weight excluding hydrogens is 465 g/mol. The van der Waals surface area contributed by atoms with Gasteiger partial charge in [-0.1, -0.05) is 35.3 Å². The van der Waals surface area contributed by atoms with Crippen molar-refractivity contribution in [2.45, 2.75) is 18.5 Å². The van der Waals surface area contributed by atoms with Gasteiger partial charge >= 0.3 is 18.4 Å². The zero-order valence-electron chi connectivity index (χ0n) is 14.4. The topological polar surface area (TPSA) is 67.4 Å². The molecule has 0 spiro atoms. The number of carbonyl (C=O) groups excluding carboxylic acids is 2. The van der Waals surface area contributed by atoms with Gasteiger partial charge in [0.15, 0.2) is 0 Å².